The average Bonchev–Trinajstić information content (AvgIpc) is 2.36. The Balaban J connectivity index is 2.67. The van der Waals surface area contributed by atoms with E-state index in [4.69, 9.17) is 11.6 Å². The van der Waals surface area contributed by atoms with Crippen LogP contribution in [-0.2, 0) is 0 Å². The quantitative estimate of drug-likeness (QED) is 0.450. The van der Waals surface area contributed by atoms with Crippen molar-refractivity contribution in [3.63, 3.8) is 0 Å². The molecule has 1 aromatic heterocycles. The molecule has 2 heterocycles. The summed E-state index contributed by atoms with van der Waals surface area (Å²) >= 11 is 5.71. The topological polar surface area (TPSA) is 37.8 Å². The van der Waals surface area contributed by atoms with Crippen molar-refractivity contribution in [2.75, 3.05) is 5.32 Å². The van der Waals surface area contributed by atoms with Crippen LogP contribution in [-0.4, -0.2) is 9.97 Å². The van der Waals surface area contributed by atoms with Gasteiger partial charge in [-0.3, -0.25) is 0 Å². The van der Waals surface area contributed by atoms with Gasteiger partial charge in [0.25, 0.3) is 5.82 Å². The standard InChI is InChI=1S/C6H3ClN3/c7-5-4-1-2-8-6(4)10-3-9-5/h1,3H,(H,8,9,10)/q+1. The fourth-order valence-corrected chi connectivity index (χ4v) is 0.966. The Kier molecular flexibility index (Phi) is 1.07. The number of anilines is 1. The average molecular weight is 153 g/mol. The molecule has 1 N–H and O–H groups in total. The van der Waals surface area contributed by atoms with Crippen LogP contribution in [0.4, 0.5) is 5.82 Å². The van der Waals surface area contributed by atoms with Crippen molar-refractivity contribution in [3.8, 4) is 0 Å². The Labute approximate surface area is 62.8 Å². The molecule has 0 aliphatic carbocycles. The fraction of sp³-hybridized carbons (Fsp3) is 0. The van der Waals surface area contributed by atoms with E-state index in [1.807, 2.05) is 0 Å². The molecule has 0 spiro atoms. The van der Waals surface area contributed by atoms with Crippen molar-refractivity contribution in [2.24, 2.45) is 0 Å². The minimum absolute atomic E-state index is 0.461. The lowest BCUT2D eigenvalue weighted by molar-refractivity contribution is 1.17. The predicted molar refractivity (Wildman–Crippen MR) is 38.4 cm³/mol. The van der Waals surface area contributed by atoms with E-state index in [1.165, 1.54) is 6.33 Å². The summed E-state index contributed by atoms with van der Waals surface area (Å²) in [4.78, 5) is 7.71. The monoisotopic (exact) mass is 152 g/mol. The second kappa shape index (κ2) is 1.90. The molecule has 0 aromatic carbocycles. The highest BCUT2D eigenvalue weighted by Gasteiger charge is 2.21. The molecule has 0 bridgehead atoms. The Hall–Kier alpha value is -1.18. The molecular formula is C6H3ClN3+. The van der Waals surface area contributed by atoms with Gasteiger partial charge in [-0.15, -0.1) is 4.98 Å². The number of nitrogens with zero attached hydrogens (tertiary/aromatic N) is 2. The maximum Gasteiger partial charge on any atom is 0.297 e. The third kappa shape index (κ3) is 0.652. The SMILES string of the molecule is Clc1ncnc2c1C=[C+]N2. The highest BCUT2D eigenvalue weighted by atomic mass is 35.5. The molecule has 1 aliphatic rings. The van der Waals surface area contributed by atoms with Crippen LogP contribution >= 0.6 is 11.6 Å². The first-order valence-electron chi connectivity index (χ1n) is 2.73. The maximum atomic E-state index is 5.71. The van der Waals surface area contributed by atoms with Crippen LogP contribution in [0.15, 0.2) is 6.33 Å². The van der Waals surface area contributed by atoms with Crippen molar-refractivity contribution in [3.05, 3.63) is 23.2 Å². The molecule has 0 saturated heterocycles. The first kappa shape index (κ1) is 5.59. The van der Waals surface area contributed by atoms with Crippen molar-refractivity contribution < 1.29 is 0 Å². The van der Waals surface area contributed by atoms with Gasteiger partial charge in [-0.1, -0.05) is 0 Å². The lowest BCUT2D eigenvalue weighted by Crippen LogP contribution is -1.90. The van der Waals surface area contributed by atoms with Crippen LogP contribution in [0.5, 0.6) is 0 Å². The predicted octanol–water partition coefficient (Wildman–Crippen LogP) is 1.33. The van der Waals surface area contributed by atoms with Crippen LogP contribution in [0.3, 0.4) is 0 Å². The first-order chi connectivity index (χ1) is 4.88. The minimum Gasteiger partial charge on any atom is -0.208 e. The number of aromatic nitrogens is 2. The van der Waals surface area contributed by atoms with E-state index in [0.29, 0.717) is 5.15 Å². The van der Waals surface area contributed by atoms with Gasteiger partial charge in [0.05, 0.1) is 0 Å². The zero-order valence-electron chi connectivity index (χ0n) is 4.93. The summed E-state index contributed by atoms with van der Waals surface area (Å²) in [6, 6.07) is 0. The molecule has 0 fully saturated rings. The number of hydrogen-bond acceptors (Lipinski definition) is 3. The van der Waals surface area contributed by atoms with Crippen molar-refractivity contribution in [1.82, 2.24) is 9.97 Å². The van der Waals surface area contributed by atoms with E-state index in [1.54, 1.807) is 6.08 Å². The van der Waals surface area contributed by atoms with Gasteiger partial charge in [-0.25, -0.2) is 4.98 Å². The van der Waals surface area contributed by atoms with Crippen LogP contribution in [0.25, 0.3) is 6.08 Å². The van der Waals surface area contributed by atoms with Crippen LogP contribution < -0.4 is 5.32 Å². The van der Waals surface area contributed by atoms with Gasteiger partial charge in [0.15, 0.2) is 0 Å². The van der Waals surface area contributed by atoms with E-state index < -0.39 is 0 Å². The van der Waals surface area contributed by atoms with Gasteiger partial charge in [0.2, 0.25) is 10.7 Å². The summed E-state index contributed by atoms with van der Waals surface area (Å²) in [6.45, 7) is 0. The molecule has 1 aromatic rings. The van der Waals surface area contributed by atoms with E-state index >= 15 is 0 Å². The fourth-order valence-electron chi connectivity index (χ4n) is 0.778. The molecule has 0 amide bonds. The third-order valence-electron chi connectivity index (χ3n) is 1.24. The van der Waals surface area contributed by atoms with Crippen LogP contribution in [0, 0.1) is 6.20 Å². The molecule has 1 aliphatic heterocycles. The zero-order chi connectivity index (χ0) is 6.97. The summed E-state index contributed by atoms with van der Waals surface area (Å²) in [5.74, 6) is 0.722. The maximum absolute atomic E-state index is 5.71. The second-order valence-electron chi connectivity index (χ2n) is 1.84. The van der Waals surface area contributed by atoms with Crippen molar-refractivity contribution >= 4 is 23.5 Å². The molecule has 48 valence electrons. The smallest absolute Gasteiger partial charge is 0.208 e. The number of nitrogens with one attached hydrogen (secondary N) is 1. The van der Waals surface area contributed by atoms with Gasteiger partial charge in [0.1, 0.15) is 18.6 Å². The van der Waals surface area contributed by atoms with Gasteiger partial charge in [-0.2, -0.15) is 5.32 Å². The molecule has 4 heteroatoms. The van der Waals surface area contributed by atoms with Crippen molar-refractivity contribution in [1.29, 1.82) is 0 Å². The minimum atomic E-state index is 0.461. The second-order valence-corrected chi connectivity index (χ2v) is 2.20. The molecule has 3 nitrogen and oxygen atoms in total. The van der Waals surface area contributed by atoms with E-state index in [0.717, 1.165) is 11.4 Å². The normalized spacial score (nSPS) is 12.1. The lowest BCUT2D eigenvalue weighted by Gasteiger charge is -1.85. The Bertz CT molecular complexity index is 295. The van der Waals surface area contributed by atoms with Gasteiger partial charge in [0, 0.05) is 0 Å². The Morgan fingerprint density at radius 2 is 2.40 bits per heavy atom. The number of halogens is 1. The summed E-state index contributed by atoms with van der Waals surface area (Å²) in [7, 11) is 0. The Morgan fingerprint density at radius 1 is 1.50 bits per heavy atom. The summed E-state index contributed by atoms with van der Waals surface area (Å²) in [5, 5.41) is 3.26. The summed E-state index contributed by atoms with van der Waals surface area (Å²) < 4.78 is 0. The third-order valence-corrected chi connectivity index (χ3v) is 1.54. The number of fused-ring (bicyclic) bond motifs is 1. The lowest BCUT2D eigenvalue weighted by atomic mass is 10.3. The molecule has 0 saturated carbocycles. The largest absolute Gasteiger partial charge is 0.297 e. The Morgan fingerprint density at radius 3 is 3.20 bits per heavy atom. The first-order valence-corrected chi connectivity index (χ1v) is 3.11. The van der Waals surface area contributed by atoms with Gasteiger partial charge < -0.3 is 0 Å². The molecule has 0 atom stereocenters. The highest BCUT2D eigenvalue weighted by molar-refractivity contribution is 6.31. The molecule has 0 unspecified atom stereocenters. The van der Waals surface area contributed by atoms with Crippen molar-refractivity contribution in [2.45, 2.75) is 0 Å². The van der Waals surface area contributed by atoms with E-state index in [-0.39, 0.29) is 0 Å². The zero-order valence-corrected chi connectivity index (χ0v) is 5.68. The molecular weight excluding hydrogens is 150 g/mol. The highest BCUT2D eigenvalue weighted by Crippen LogP contribution is 2.24. The number of hydrogen-bond donors (Lipinski definition) is 1. The number of rotatable bonds is 0. The van der Waals surface area contributed by atoms with E-state index in [9.17, 15) is 0 Å². The summed E-state index contributed by atoms with van der Waals surface area (Å²) in [6.07, 6.45) is 5.90. The van der Waals surface area contributed by atoms with Gasteiger partial charge in [-0.05, 0) is 11.6 Å². The van der Waals surface area contributed by atoms with Crippen LogP contribution in [0.1, 0.15) is 5.56 Å². The molecule has 10 heavy (non-hydrogen) atoms. The van der Waals surface area contributed by atoms with E-state index in [2.05, 4.69) is 21.5 Å². The summed E-state index contributed by atoms with van der Waals surface area (Å²) in [5.41, 5.74) is 0.809. The van der Waals surface area contributed by atoms with Crippen LogP contribution in [0.2, 0.25) is 5.15 Å². The molecule has 2 rings (SSSR count). The van der Waals surface area contributed by atoms with Gasteiger partial charge >= 0.3 is 0 Å². The molecule has 0 radical (unpaired) electrons.